The van der Waals surface area contributed by atoms with Crippen molar-refractivity contribution in [3.63, 3.8) is 0 Å². The van der Waals surface area contributed by atoms with Gasteiger partial charge in [0.05, 0.1) is 16.8 Å². The van der Waals surface area contributed by atoms with Gasteiger partial charge in [-0.05, 0) is 49.1 Å². The van der Waals surface area contributed by atoms with Gasteiger partial charge in [-0.15, -0.1) is 0 Å². The highest BCUT2D eigenvalue weighted by atomic mass is 16.3. The summed E-state index contributed by atoms with van der Waals surface area (Å²) in [6.07, 6.45) is 1.89. The fraction of sp³-hybridized carbons (Fsp3) is 0.241. The summed E-state index contributed by atoms with van der Waals surface area (Å²) in [6.45, 7) is 10.8. The molecule has 1 atom stereocenters. The van der Waals surface area contributed by atoms with Crippen molar-refractivity contribution in [3.05, 3.63) is 94.9 Å². The summed E-state index contributed by atoms with van der Waals surface area (Å²) in [5.74, 6) is 0.602. The molecule has 32 heavy (non-hydrogen) atoms. The topological polar surface area (TPSA) is 38.9 Å². The van der Waals surface area contributed by atoms with Crippen LogP contribution in [0.2, 0.25) is 0 Å². The molecule has 0 aliphatic carbocycles. The van der Waals surface area contributed by atoms with Gasteiger partial charge in [0.25, 0.3) is 0 Å². The molecule has 2 aromatic carbocycles. The van der Waals surface area contributed by atoms with E-state index in [4.69, 9.17) is 9.40 Å². The molecule has 0 saturated heterocycles. The molecule has 5 aromatic rings. The van der Waals surface area contributed by atoms with E-state index in [9.17, 15) is 0 Å². The lowest BCUT2D eigenvalue weighted by Gasteiger charge is -2.14. The van der Waals surface area contributed by atoms with Crippen molar-refractivity contribution in [1.29, 1.82) is 0 Å². The first kappa shape index (κ1) is 20.4. The van der Waals surface area contributed by atoms with E-state index in [2.05, 4.69) is 87.3 Å². The second-order valence-electron chi connectivity index (χ2n) is 9.07. The minimum atomic E-state index is 0.157. The molecule has 0 amide bonds. The van der Waals surface area contributed by atoms with Crippen LogP contribution in [0.4, 0.5) is 0 Å². The summed E-state index contributed by atoms with van der Waals surface area (Å²) in [6, 6.07) is 21.4. The highest BCUT2D eigenvalue weighted by Crippen LogP contribution is 2.40. The molecule has 0 fully saturated rings. The fourth-order valence-electron chi connectivity index (χ4n) is 4.45. The molecule has 0 aliphatic rings. The monoisotopic (exact) mass is 420 g/mol. The lowest BCUT2D eigenvalue weighted by atomic mass is 9.93. The Morgan fingerprint density at radius 2 is 1.62 bits per heavy atom. The van der Waals surface area contributed by atoms with E-state index in [1.807, 2.05) is 19.2 Å². The lowest BCUT2D eigenvalue weighted by Crippen LogP contribution is -2.01. The molecule has 5 rings (SSSR count). The molecule has 0 spiro atoms. The van der Waals surface area contributed by atoms with Crippen LogP contribution in [0.3, 0.4) is 0 Å². The Kier molecular flexibility index (Phi) is 5.05. The van der Waals surface area contributed by atoms with Crippen molar-refractivity contribution in [3.8, 4) is 11.3 Å². The molecule has 3 heteroatoms. The van der Waals surface area contributed by atoms with E-state index in [0.29, 0.717) is 5.92 Å². The number of benzene rings is 2. The zero-order valence-corrected chi connectivity index (χ0v) is 19.3. The van der Waals surface area contributed by atoms with Gasteiger partial charge in [-0.25, -0.2) is 0 Å². The standard InChI is InChI=1S/C29H28N2O/c1-17(2)22-13-14-30-25(16-22)23-7-6-8-24-27-26(32-29(23)24)15-19(4)31-28(27)20(5)21-11-9-18(3)10-12-21/h6-17,20H,1-5H3. The van der Waals surface area contributed by atoms with Crippen LogP contribution in [0.5, 0.6) is 0 Å². The maximum Gasteiger partial charge on any atom is 0.144 e. The third-order valence-corrected chi connectivity index (χ3v) is 6.35. The number of furan rings is 1. The molecule has 0 aliphatic heterocycles. The number of para-hydroxylation sites is 1. The Hall–Kier alpha value is -3.46. The van der Waals surface area contributed by atoms with Crippen molar-refractivity contribution >= 4 is 21.9 Å². The van der Waals surface area contributed by atoms with Gasteiger partial charge in [-0.2, -0.15) is 0 Å². The number of aromatic nitrogens is 2. The predicted molar refractivity (Wildman–Crippen MR) is 132 cm³/mol. The molecule has 3 aromatic heterocycles. The molecule has 0 bridgehead atoms. The van der Waals surface area contributed by atoms with Gasteiger partial charge >= 0.3 is 0 Å². The normalized spacial score (nSPS) is 12.7. The molecular weight excluding hydrogens is 392 g/mol. The summed E-state index contributed by atoms with van der Waals surface area (Å²) in [5, 5.41) is 2.19. The Labute approximate surface area is 189 Å². The first-order valence-corrected chi connectivity index (χ1v) is 11.3. The summed E-state index contributed by atoms with van der Waals surface area (Å²) >= 11 is 0. The average molecular weight is 421 g/mol. The van der Waals surface area contributed by atoms with Crippen LogP contribution in [0.1, 0.15) is 60.7 Å². The predicted octanol–water partition coefficient (Wildman–Crippen LogP) is 7.94. The van der Waals surface area contributed by atoms with Gasteiger partial charge in [0.15, 0.2) is 0 Å². The zero-order chi connectivity index (χ0) is 22.4. The number of rotatable bonds is 4. The molecular formula is C29H28N2O. The van der Waals surface area contributed by atoms with E-state index in [0.717, 1.165) is 44.6 Å². The second-order valence-corrected chi connectivity index (χ2v) is 9.07. The Bertz CT molecular complexity index is 1430. The van der Waals surface area contributed by atoms with Crippen LogP contribution >= 0.6 is 0 Å². The molecule has 0 saturated carbocycles. The molecule has 160 valence electrons. The first-order chi connectivity index (χ1) is 15.4. The van der Waals surface area contributed by atoms with Crippen molar-refractivity contribution in [2.24, 2.45) is 0 Å². The highest BCUT2D eigenvalue weighted by molar-refractivity contribution is 6.10. The minimum absolute atomic E-state index is 0.157. The molecule has 3 nitrogen and oxygen atoms in total. The van der Waals surface area contributed by atoms with Crippen LogP contribution in [-0.4, -0.2) is 9.97 Å². The quantitative estimate of drug-likeness (QED) is 0.296. The van der Waals surface area contributed by atoms with Gasteiger partial charge in [-0.3, -0.25) is 9.97 Å². The summed E-state index contributed by atoms with van der Waals surface area (Å²) in [7, 11) is 0. The maximum absolute atomic E-state index is 6.48. The van der Waals surface area contributed by atoms with Crippen LogP contribution < -0.4 is 0 Å². The smallest absolute Gasteiger partial charge is 0.144 e. The van der Waals surface area contributed by atoms with Gasteiger partial charge in [0.1, 0.15) is 11.2 Å². The van der Waals surface area contributed by atoms with Crippen LogP contribution in [-0.2, 0) is 0 Å². The van der Waals surface area contributed by atoms with E-state index in [1.165, 1.54) is 16.7 Å². The van der Waals surface area contributed by atoms with Crippen LogP contribution in [0.25, 0.3) is 33.2 Å². The number of hydrogen-bond donors (Lipinski definition) is 0. The fourth-order valence-corrected chi connectivity index (χ4v) is 4.45. The van der Waals surface area contributed by atoms with Gasteiger partial charge in [0.2, 0.25) is 0 Å². The zero-order valence-electron chi connectivity index (χ0n) is 19.3. The number of fused-ring (bicyclic) bond motifs is 3. The van der Waals surface area contributed by atoms with Gasteiger partial charge < -0.3 is 4.42 Å². The Balaban J connectivity index is 1.75. The van der Waals surface area contributed by atoms with Crippen molar-refractivity contribution in [1.82, 2.24) is 9.97 Å². The molecule has 0 radical (unpaired) electrons. The van der Waals surface area contributed by atoms with Crippen LogP contribution in [0.15, 0.2) is 71.3 Å². The summed E-state index contributed by atoms with van der Waals surface area (Å²) < 4.78 is 6.48. The first-order valence-electron chi connectivity index (χ1n) is 11.3. The van der Waals surface area contributed by atoms with Gasteiger partial charge in [0, 0.05) is 34.8 Å². The Morgan fingerprint density at radius 1 is 0.844 bits per heavy atom. The highest BCUT2D eigenvalue weighted by Gasteiger charge is 2.21. The van der Waals surface area contributed by atoms with E-state index in [1.54, 1.807) is 0 Å². The molecule has 1 unspecified atom stereocenters. The largest absolute Gasteiger partial charge is 0.455 e. The third kappa shape index (κ3) is 3.48. The molecule has 0 N–H and O–H groups in total. The number of aryl methyl sites for hydroxylation is 2. The number of hydrogen-bond acceptors (Lipinski definition) is 3. The van der Waals surface area contributed by atoms with Crippen LogP contribution in [0, 0.1) is 13.8 Å². The minimum Gasteiger partial charge on any atom is -0.455 e. The average Bonchev–Trinajstić information content (AvgIpc) is 3.17. The molecule has 3 heterocycles. The Morgan fingerprint density at radius 3 is 2.38 bits per heavy atom. The summed E-state index contributed by atoms with van der Waals surface area (Å²) in [4.78, 5) is 9.65. The lowest BCUT2D eigenvalue weighted by molar-refractivity contribution is 0.667. The number of pyridine rings is 2. The van der Waals surface area contributed by atoms with Crippen molar-refractivity contribution < 1.29 is 4.42 Å². The van der Waals surface area contributed by atoms with E-state index < -0.39 is 0 Å². The SMILES string of the molecule is Cc1ccc(C(C)c2nc(C)cc3oc4c(-c5cc(C(C)C)ccn5)cccc4c23)cc1. The van der Waals surface area contributed by atoms with Crippen molar-refractivity contribution in [2.75, 3.05) is 0 Å². The van der Waals surface area contributed by atoms with Crippen molar-refractivity contribution in [2.45, 2.75) is 46.5 Å². The van der Waals surface area contributed by atoms with Gasteiger partial charge in [-0.1, -0.05) is 62.7 Å². The van der Waals surface area contributed by atoms with E-state index in [-0.39, 0.29) is 5.92 Å². The number of nitrogens with zero attached hydrogens (tertiary/aromatic N) is 2. The summed E-state index contributed by atoms with van der Waals surface area (Å²) in [5.41, 5.74) is 9.54. The second kappa shape index (κ2) is 7.90. The van der Waals surface area contributed by atoms with E-state index >= 15 is 0 Å². The third-order valence-electron chi connectivity index (χ3n) is 6.35. The maximum atomic E-state index is 6.48.